The second-order valence-electron chi connectivity index (χ2n) is 7.66. The number of nitrogen functional groups attached to an aromatic ring is 1. The highest BCUT2D eigenvalue weighted by molar-refractivity contribution is 5.82. The SMILES string of the molecule is CCCCn1c(N)c(N(C)CC(=O)N(CCC)Cc2ccc(C)cc2)c(=O)[nH]c1=O. The Morgan fingerprint density at radius 2 is 1.80 bits per heavy atom. The molecule has 0 unspecified atom stereocenters. The number of nitrogens with zero attached hydrogens (tertiary/aromatic N) is 3. The fourth-order valence-electron chi connectivity index (χ4n) is 3.34. The molecule has 2 rings (SSSR count). The van der Waals surface area contributed by atoms with E-state index in [-0.39, 0.29) is 24.0 Å². The summed E-state index contributed by atoms with van der Waals surface area (Å²) in [6.07, 6.45) is 2.48. The molecule has 0 spiro atoms. The molecular weight excluding hydrogens is 382 g/mol. The largest absolute Gasteiger partial charge is 0.383 e. The lowest BCUT2D eigenvalue weighted by molar-refractivity contribution is -0.130. The van der Waals surface area contributed by atoms with E-state index in [4.69, 9.17) is 5.73 Å². The van der Waals surface area contributed by atoms with E-state index in [9.17, 15) is 14.4 Å². The van der Waals surface area contributed by atoms with E-state index in [1.54, 1.807) is 11.9 Å². The van der Waals surface area contributed by atoms with Gasteiger partial charge in [0.25, 0.3) is 5.56 Å². The Hall–Kier alpha value is -3.03. The topological polar surface area (TPSA) is 104 Å². The third kappa shape index (κ3) is 5.75. The molecule has 3 N–H and O–H groups in total. The van der Waals surface area contributed by atoms with Crippen LogP contribution in [-0.4, -0.2) is 40.5 Å². The number of likely N-dealkylation sites (N-methyl/N-ethyl adjacent to an activating group) is 1. The second kappa shape index (κ2) is 10.7. The number of amides is 1. The van der Waals surface area contributed by atoms with E-state index in [0.717, 1.165) is 24.8 Å². The second-order valence-corrected chi connectivity index (χ2v) is 7.66. The highest BCUT2D eigenvalue weighted by Gasteiger charge is 2.21. The summed E-state index contributed by atoms with van der Waals surface area (Å²) in [6, 6.07) is 8.08. The van der Waals surface area contributed by atoms with Crippen molar-refractivity contribution in [3.05, 3.63) is 56.2 Å². The van der Waals surface area contributed by atoms with Gasteiger partial charge in [0.2, 0.25) is 5.91 Å². The van der Waals surface area contributed by atoms with Crippen LogP contribution >= 0.6 is 0 Å². The Bertz CT molecular complexity index is 962. The van der Waals surface area contributed by atoms with E-state index in [1.165, 1.54) is 15.0 Å². The number of hydrogen-bond acceptors (Lipinski definition) is 5. The number of aromatic nitrogens is 2. The average Bonchev–Trinajstić information content (AvgIpc) is 2.68. The number of H-pyrrole nitrogens is 1. The number of hydrogen-bond donors (Lipinski definition) is 2. The van der Waals surface area contributed by atoms with E-state index < -0.39 is 11.2 Å². The number of nitrogens with one attached hydrogen (secondary N) is 1. The first-order valence-electron chi connectivity index (χ1n) is 10.5. The zero-order chi connectivity index (χ0) is 22.3. The number of rotatable bonds is 10. The minimum Gasteiger partial charge on any atom is -0.383 e. The summed E-state index contributed by atoms with van der Waals surface area (Å²) >= 11 is 0. The molecule has 8 nitrogen and oxygen atoms in total. The number of carbonyl (C=O) groups excluding carboxylic acids is 1. The van der Waals surface area contributed by atoms with Crippen LogP contribution in [0, 0.1) is 6.92 Å². The van der Waals surface area contributed by atoms with Crippen molar-refractivity contribution in [2.24, 2.45) is 0 Å². The first kappa shape index (κ1) is 23.3. The van der Waals surface area contributed by atoms with Crippen LogP contribution in [-0.2, 0) is 17.9 Å². The fourth-order valence-corrected chi connectivity index (χ4v) is 3.34. The van der Waals surface area contributed by atoms with E-state index in [2.05, 4.69) is 4.98 Å². The molecule has 1 heterocycles. The number of carbonyl (C=O) groups is 1. The van der Waals surface area contributed by atoms with Gasteiger partial charge < -0.3 is 15.5 Å². The first-order valence-corrected chi connectivity index (χ1v) is 10.5. The highest BCUT2D eigenvalue weighted by Crippen LogP contribution is 2.16. The van der Waals surface area contributed by atoms with Gasteiger partial charge in [0.05, 0.1) is 6.54 Å². The van der Waals surface area contributed by atoms with Gasteiger partial charge in [-0.25, -0.2) is 4.79 Å². The maximum Gasteiger partial charge on any atom is 0.330 e. The van der Waals surface area contributed by atoms with Crippen LogP contribution in [0.5, 0.6) is 0 Å². The van der Waals surface area contributed by atoms with Gasteiger partial charge in [0, 0.05) is 26.7 Å². The molecule has 0 radical (unpaired) electrons. The number of aryl methyl sites for hydroxylation is 1. The molecule has 0 saturated carbocycles. The van der Waals surface area contributed by atoms with Crippen LogP contribution < -0.4 is 21.9 Å². The number of unbranched alkanes of at least 4 members (excludes halogenated alkanes) is 1. The standard InChI is InChI=1S/C22H33N5O3/c1-5-7-13-27-20(23)19(21(29)24-22(27)30)25(4)15-18(28)26(12-6-2)14-17-10-8-16(3)9-11-17/h8-11H,5-7,12-15,23H2,1-4H3,(H,24,29,30). The third-order valence-electron chi connectivity index (χ3n) is 5.04. The number of anilines is 2. The predicted octanol–water partition coefficient (Wildman–Crippen LogP) is 2.10. The molecular formula is C22H33N5O3. The summed E-state index contributed by atoms with van der Waals surface area (Å²) in [5.74, 6) is -0.0156. The van der Waals surface area contributed by atoms with Crippen LogP contribution in [0.1, 0.15) is 44.2 Å². The Balaban J connectivity index is 2.22. The van der Waals surface area contributed by atoms with Crippen molar-refractivity contribution in [3.63, 3.8) is 0 Å². The van der Waals surface area contributed by atoms with Crippen molar-refractivity contribution >= 4 is 17.4 Å². The normalized spacial score (nSPS) is 10.8. The maximum absolute atomic E-state index is 13.0. The van der Waals surface area contributed by atoms with Crippen LogP contribution in [0.3, 0.4) is 0 Å². The van der Waals surface area contributed by atoms with Crippen LogP contribution in [0.25, 0.3) is 0 Å². The van der Waals surface area contributed by atoms with Gasteiger partial charge in [0.1, 0.15) is 11.5 Å². The Morgan fingerprint density at radius 3 is 2.40 bits per heavy atom. The zero-order valence-electron chi connectivity index (χ0n) is 18.4. The van der Waals surface area contributed by atoms with Crippen LogP contribution in [0.2, 0.25) is 0 Å². The van der Waals surface area contributed by atoms with Crippen molar-refractivity contribution in [1.29, 1.82) is 0 Å². The molecule has 0 aliphatic carbocycles. The summed E-state index contributed by atoms with van der Waals surface area (Å²) in [5, 5.41) is 0. The summed E-state index contributed by atoms with van der Waals surface area (Å²) < 4.78 is 1.36. The lowest BCUT2D eigenvalue weighted by Crippen LogP contribution is -2.42. The minimum absolute atomic E-state index is 0.00881. The summed E-state index contributed by atoms with van der Waals surface area (Å²) in [5.41, 5.74) is 7.40. The molecule has 0 fully saturated rings. The summed E-state index contributed by atoms with van der Waals surface area (Å²) in [6.45, 7) is 7.58. The highest BCUT2D eigenvalue weighted by atomic mass is 16.2. The molecule has 164 valence electrons. The van der Waals surface area contributed by atoms with Gasteiger partial charge in [-0.15, -0.1) is 0 Å². The van der Waals surface area contributed by atoms with Crippen molar-refractivity contribution in [1.82, 2.24) is 14.5 Å². The van der Waals surface area contributed by atoms with E-state index >= 15 is 0 Å². The van der Waals surface area contributed by atoms with Crippen molar-refractivity contribution in [3.8, 4) is 0 Å². The molecule has 0 saturated heterocycles. The van der Waals surface area contributed by atoms with Crippen molar-refractivity contribution in [2.75, 3.05) is 30.8 Å². The van der Waals surface area contributed by atoms with E-state index in [0.29, 0.717) is 19.6 Å². The van der Waals surface area contributed by atoms with Gasteiger partial charge in [-0.1, -0.05) is 50.1 Å². The number of aromatic amines is 1. The molecule has 0 aliphatic heterocycles. The molecule has 2 aromatic rings. The minimum atomic E-state index is -0.582. The molecule has 1 aromatic carbocycles. The fraction of sp³-hybridized carbons (Fsp3) is 0.500. The lowest BCUT2D eigenvalue weighted by Gasteiger charge is -2.27. The van der Waals surface area contributed by atoms with Gasteiger partial charge in [-0.2, -0.15) is 0 Å². The van der Waals surface area contributed by atoms with Crippen molar-refractivity contribution in [2.45, 2.75) is 53.1 Å². The molecule has 0 bridgehead atoms. The lowest BCUT2D eigenvalue weighted by atomic mass is 10.1. The Labute approximate surface area is 177 Å². The zero-order valence-corrected chi connectivity index (χ0v) is 18.4. The van der Waals surface area contributed by atoms with Crippen molar-refractivity contribution < 1.29 is 4.79 Å². The summed E-state index contributed by atoms with van der Waals surface area (Å²) in [7, 11) is 1.64. The van der Waals surface area contributed by atoms with Gasteiger partial charge in [0.15, 0.2) is 0 Å². The quantitative estimate of drug-likeness (QED) is 0.618. The molecule has 0 atom stereocenters. The Kier molecular flexibility index (Phi) is 8.26. The Morgan fingerprint density at radius 1 is 1.13 bits per heavy atom. The molecule has 1 aromatic heterocycles. The monoisotopic (exact) mass is 415 g/mol. The average molecular weight is 416 g/mol. The molecule has 30 heavy (non-hydrogen) atoms. The summed E-state index contributed by atoms with van der Waals surface area (Å²) in [4.78, 5) is 43.1. The number of benzene rings is 1. The van der Waals surface area contributed by atoms with Gasteiger partial charge in [-0.05, 0) is 25.3 Å². The third-order valence-corrected chi connectivity index (χ3v) is 5.04. The van der Waals surface area contributed by atoms with E-state index in [1.807, 2.05) is 45.0 Å². The number of nitrogens with two attached hydrogens (primary N) is 1. The first-order chi connectivity index (χ1) is 14.3. The molecule has 1 amide bonds. The molecule has 0 aliphatic rings. The maximum atomic E-state index is 13.0. The van der Waals surface area contributed by atoms with Crippen LogP contribution in [0.4, 0.5) is 11.5 Å². The molecule has 8 heteroatoms. The van der Waals surface area contributed by atoms with Gasteiger partial charge in [-0.3, -0.25) is 19.1 Å². The predicted molar refractivity (Wildman–Crippen MR) is 121 cm³/mol. The van der Waals surface area contributed by atoms with Gasteiger partial charge >= 0.3 is 5.69 Å². The van der Waals surface area contributed by atoms with Crippen LogP contribution in [0.15, 0.2) is 33.9 Å². The smallest absolute Gasteiger partial charge is 0.330 e.